The Hall–Kier alpha value is -4.13. The summed E-state index contributed by atoms with van der Waals surface area (Å²) < 4.78 is 7.43. The van der Waals surface area contributed by atoms with E-state index in [2.05, 4.69) is 42.9 Å². The van der Waals surface area contributed by atoms with E-state index in [4.69, 9.17) is 4.74 Å². The Morgan fingerprint density at radius 1 is 1.31 bits per heavy atom. The van der Waals surface area contributed by atoms with Crippen molar-refractivity contribution >= 4 is 28.8 Å². The highest BCUT2D eigenvalue weighted by Gasteiger charge is 2.53. The van der Waals surface area contributed by atoms with Crippen molar-refractivity contribution in [1.82, 2.24) is 24.8 Å². The van der Waals surface area contributed by atoms with E-state index < -0.39 is 5.41 Å². The number of allylic oxidation sites excluding steroid dienone is 2. The SMILES string of the molecule is COc1nc(NC2CC(C)(NC(=O)C3(C#N)CC3)C2)nn2ccc(C3=CN4CC=CN=C4C=C3)c12. The van der Waals surface area contributed by atoms with E-state index in [-0.39, 0.29) is 17.5 Å². The molecule has 4 heterocycles. The first kappa shape index (κ1) is 21.4. The summed E-state index contributed by atoms with van der Waals surface area (Å²) in [5, 5.41) is 20.4. The molecule has 10 nitrogen and oxygen atoms in total. The number of hydrogen-bond donors (Lipinski definition) is 2. The Morgan fingerprint density at radius 2 is 2.14 bits per heavy atom. The minimum absolute atomic E-state index is 0.114. The van der Waals surface area contributed by atoms with Gasteiger partial charge in [0.25, 0.3) is 0 Å². The molecule has 2 aromatic rings. The third-order valence-corrected chi connectivity index (χ3v) is 7.14. The average molecular weight is 471 g/mol. The van der Waals surface area contributed by atoms with E-state index in [9.17, 15) is 10.1 Å². The lowest BCUT2D eigenvalue weighted by Gasteiger charge is -2.46. The Labute approximate surface area is 202 Å². The summed E-state index contributed by atoms with van der Waals surface area (Å²) in [6.07, 6.45) is 14.6. The summed E-state index contributed by atoms with van der Waals surface area (Å²) in [5.74, 6) is 1.72. The van der Waals surface area contributed by atoms with Gasteiger partial charge in [-0.1, -0.05) is 0 Å². The summed E-state index contributed by atoms with van der Waals surface area (Å²) in [5.41, 5.74) is 1.65. The van der Waals surface area contributed by atoms with Gasteiger partial charge in [0.2, 0.25) is 17.7 Å². The number of fused-ring (bicyclic) bond motifs is 2. The highest BCUT2D eigenvalue weighted by Crippen LogP contribution is 2.46. The van der Waals surface area contributed by atoms with Gasteiger partial charge in [-0.2, -0.15) is 10.2 Å². The van der Waals surface area contributed by atoms with E-state index in [1.165, 1.54) is 0 Å². The lowest BCUT2D eigenvalue weighted by molar-refractivity contribution is -0.127. The standard InChI is InChI=1S/C25H26N8O2/c1-24(30-22(34)25(15-26)7-8-25)12-17(13-24)28-23-29-21(35-2)20-18(6-11-33(20)31-23)16-4-5-19-27-9-3-10-32(19)14-16/h3-6,9,11,14,17H,7-8,10,12-13H2,1-2H3,(H,28,31)(H,30,34). The fourth-order valence-corrected chi connectivity index (χ4v) is 5.00. The number of nitrogens with zero attached hydrogens (tertiary/aromatic N) is 6. The quantitative estimate of drug-likeness (QED) is 0.666. The van der Waals surface area contributed by atoms with Crippen LogP contribution in [0.5, 0.6) is 5.88 Å². The van der Waals surface area contributed by atoms with Gasteiger partial charge in [0.1, 0.15) is 16.8 Å². The van der Waals surface area contributed by atoms with Crippen LogP contribution in [-0.2, 0) is 4.79 Å². The summed E-state index contributed by atoms with van der Waals surface area (Å²) in [4.78, 5) is 23.6. The van der Waals surface area contributed by atoms with Crippen LogP contribution in [0.2, 0.25) is 0 Å². The predicted molar refractivity (Wildman–Crippen MR) is 130 cm³/mol. The first-order chi connectivity index (χ1) is 16.9. The molecular formula is C25H26N8O2. The van der Waals surface area contributed by atoms with Crippen molar-refractivity contribution < 1.29 is 9.53 Å². The van der Waals surface area contributed by atoms with E-state index in [0.717, 1.165) is 41.9 Å². The monoisotopic (exact) mass is 470 g/mol. The molecule has 0 radical (unpaired) electrons. The molecule has 0 bridgehead atoms. The largest absolute Gasteiger partial charge is 0.479 e. The second-order valence-corrected chi connectivity index (χ2v) is 9.87. The number of amidine groups is 1. The van der Waals surface area contributed by atoms with Gasteiger partial charge >= 0.3 is 0 Å². The molecule has 2 aliphatic carbocycles. The van der Waals surface area contributed by atoms with Crippen molar-refractivity contribution in [2.45, 2.75) is 44.2 Å². The third-order valence-electron chi connectivity index (χ3n) is 7.14. The van der Waals surface area contributed by atoms with E-state index in [0.29, 0.717) is 24.7 Å². The molecule has 2 saturated carbocycles. The Bertz CT molecular complexity index is 1380. The second-order valence-electron chi connectivity index (χ2n) is 9.87. The smallest absolute Gasteiger partial charge is 0.244 e. The van der Waals surface area contributed by atoms with E-state index in [1.54, 1.807) is 11.6 Å². The lowest BCUT2D eigenvalue weighted by atomic mass is 9.73. The van der Waals surface area contributed by atoms with Crippen LogP contribution in [0.15, 0.2) is 47.9 Å². The van der Waals surface area contributed by atoms with Gasteiger partial charge < -0.3 is 20.3 Å². The molecular weight excluding hydrogens is 444 g/mol. The number of carbonyl (C=O) groups is 1. The molecule has 0 atom stereocenters. The number of hydrogen-bond acceptors (Lipinski definition) is 8. The molecule has 0 unspecified atom stereocenters. The maximum absolute atomic E-state index is 12.5. The molecule has 0 saturated heterocycles. The molecule has 0 spiro atoms. The number of rotatable bonds is 6. The number of aliphatic imine (C=N–C) groups is 1. The fourth-order valence-electron chi connectivity index (χ4n) is 5.00. The molecule has 2 N–H and O–H groups in total. The molecule has 10 heteroatoms. The van der Waals surface area contributed by atoms with Crippen LogP contribution in [0.3, 0.4) is 0 Å². The van der Waals surface area contributed by atoms with Crippen LogP contribution in [0.4, 0.5) is 5.95 Å². The van der Waals surface area contributed by atoms with Crippen molar-refractivity contribution in [3.05, 3.63) is 48.5 Å². The maximum Gasteiger partial charge on any atom is 0.244 e. The highest BCUT2D eigenvalue weighted by molar-refractivity contribution is 6.02. The number of ether oxygens (including phenoxy) is 1. The number of aromatic nitrogens is 3. The first-order valence-corrected chi connectivity index (χ1v) is 11.8. The maximum atomic E-state index is 12.5. The van der Waals surface area contributed by atoms with Gasteiger partial charge in [0.05, 0.1) is 13.2 Å². The number of nitrogens with one attached hydrogen (secondary N) is 2. The molecule has 1 amide bonds. The van der Waals surface area contributed by atoms with Gasteiger partial charge in [-0.3, -0.25) is 4.79 Å². The zero-order valence-corrected chi connectivity index (χ0v) is 19.7. The normalized spacial score (nSPS) is 25.6. The third kappa shape index (κ3) is 3.64. The van der Waals surface area contributed by atoms with Gasteiger partial charge in [0, 0.05) is 47.9 Å². The molecule has 2 aromatic heterocycles. The number of carbonyl (C=O) groups excluding carboxylic acids is 1. The van der Waals surface area contributed by atoms with Gasteiger partial charge in [-0.25, -0.2) is 9.51 Å². The zero-order valence-electron chi connectivity index (χ0n) is 19.7. The number of nitriles is 1. The van der Waals surface area contributed by atoms with Crippen LogP contribution in [-0.4, -0.2) is 56.5 Å². The van der Waals surface area contributed by atoms with Gasteiger partial charge in [-0.05, 0) is 56.9 Å². The number of methoxy groups -OCH3 is 1. The minimum atomic E-state index is -0.808. The Kier molecular flexibility index (Phi) is 4.71. The molecule has 0 aromatic carbocycles. The average Bonchev–Trinajstić information content (AvgIpc) is 3.54. The Balaban J connectivity index is 1.18. The molecule has 2 aliphatic heterocycles. The topological polar surface area (TPSA) is 120 Å². The highest BCUT2D eigenvalue weighted by atomic mass is 16.5. The van der Waals surface area contributed by atoms with E-state index in [1.807, 2.05) is 43.6 Å². The molecule has 4 aliphatic rings. The van der Waals surface area contributed by atoms with Crippen LogP contribution < -0.4 is 15.4 Å². The van der Waals surface area contributed by atoms with Crippen LogP contribution >= 0.6 is 0 Å². The summed E-state index contributed by atoms with van der Waals surface area (Å²) in [6.45, 7) is 2.79. The molecule has 2 fully saturated rings. The first-order valence-electron chi connectivity index (χ1n) is 11.8. The van der Waals surface area contributed by atoms with Crippen molar-refractivity contribution in [3.63, 3.8) is 0 Å². The predicted octanol–water partition coefficient (Wildman–Crippen LogP) is 2.63. The van der Waals surface area contributed by atoms with E-state index >= 15 is 0 Å². The van der Waals surface area contributed by atoms with Crippen LogP contribution in [0.1, 0.15) is 38.2 Å². The minimum Gasteiger partial charge on any atom is -0.479 e. The summed E-state index contributed by atoms with van der Waals surface area (Å²) in [6, 6.07) is 4.28. The molecule has 178 valence electrons. The van der Waals surface area contributed by atoms with Gasteiger partial charge in [0.15, 0.2) is 0 Å². The van der Waals surface area contributed by atoms with Gasteiger partial charge in [-0.15, -0.1) is 5.10 Å². The van der Waals surface area contributed by atoms with Crippen LogP contribution in [0.25, 0.3) is 11.1 Å². The number of anilines is 1. The number of amides is 1. The zero-order chi connectivity index (χ0) is 24.2. The second kappa shape index (κ2) is 7.70. The lowest BCUT2D eigenvalue weighted by Crippen LogP contribution is -2.60. The van der Waals surface area contributed by atoms with Crippen molar-refractivity contribution in [2.75, 3.05) is 19.0 Å². The van der Waals surface area contributed by atoms with Crippen LogP contribution in [0, 0.1) is 16.7 Å². The van der Waals surface area contributed by atoms with Crippen molar-refractivity contribution in [2.24, 2.45) is 10.4 Å². The van der Waals surface area contributed by atoms with Crippen molar-refractivity contribution in [1.29, 1.82) is 5.26 Å². The van der Waals surface area contributed by atoms with Crippen molar-refractivity contribution in [3.8, 4) is 11.9 Å². The Morgan fingerprint density at radius 3 is 2.89 bits per heavy atom. The summed E-state index contributed by atoms with van der Waals surface area (Å²) in [7, 11) is 1.60. The summed E-state index contributed by atoms with van der Waals surface area (Å²) >= 11 is 0. The molecule has 6 rings (SSSR count). The molecule has 35 heavy (non-hydrogen) atoms. The fraction of sp³-hybridized carbons (Fsp3) is 0.400.